The van der Waals surface area contributed by atoms with Crippen molar-refractivity contribution in [3.05, 3.63) is 35.8 Å². The maximum Gasteiger partial charge on any atom is 0.137 e. The van der Waals surface area contributed by atoms with Crippen LogP contribution in [0.4, 0.5) is 0 Å². The molecule has 0 radical (unpaired) electrons. The first-order valence-corrected chi connectivity index (χ1v) is 10.1. The van der Waals surface area contributed by atoms with Crippen molar-refractivity contribution in [2.24, 2.45) is 11.8 Å². The van der Waals surface area contributed by atoms with Gasteiger partial charge in [-0.1, -0.05) is 6.42 Å². The summed E-state index contributed by atoms with van der Waals surface area (Å²) in [6, 6.07) is 5.11. The van der Waals surface area contributed by atoms with Crippen molar-refractivity contribution >= 4 is 5.65 Å². The molecule has 2 atom stereocenters. The third-order valence-corrected chi connectivity index (χ3v) is 6.67. The Labute approximate surface area is 150 Å². The van der Waals surface area contributed by atoms with Gasteiger partial charge in [-0.15, -0.1) is 0 Å². The first kappa shape index (κ1) is 15.8. The Morgan fingerprint density at radius 1 is 1.12 bits per heavy atom. The summed E-state index contributed by atoms with van der Waals surface area (Å²) in [5, 5.41) is 0. The highest BCUT2D eigenvalue weighted by Crippen LogP contribution is 2.33. The van der Waals surface area contributed by atoms with Gasteiger partial charge in [-0.3, -0.25) is 9.80 Å². The second kappa shape index (κ2) is 6.40. The third kappa shape index (κ3) is 3.22. The molecule has 0 aromatic carbocycles. The third-order valence-electron chi connectivity index (χ3n) is 6.67. The monoisotopic (exact) mass is 338 g/mol. The maximum absolute atomic E-state index is 4.87. The number of aryl methyl sites for hydroxylation is 1. The molecule has 3 aliphatic heterocycles. The fourth-order valence-corrected chi connectivity index (χ4v) is 5.08. The predicted molar refractivity (Wildman–Crippen MR) is 101 cm³/mol. The standard InChI is InChI=1S/C21H30N4/c1-16-7-8-24-14-19(22-21(24)9-16)13-23-10-18-5-6-20(15-23)25(12-18)11-17-3-2-4-17/h7-9,14,17-18,20H,2-6,10-13,15H2,1H3/t18-,20+/m0/s1. The largest absolute Gasteiger partial charge is 0.307 e. The lowest BCUT2D eigenvalue weighted by Gasteiger charge is -2.40. The summed E-state index contributed by atoms with van der Waals surface area (Å²) in [7, 11) is 0. The van der Waals surface area contributed by atoms with E-state index in [0.717, 1.165) is 30.1 Å². The number of piperidine rings is 1. The molecule has 4 heteroatoms. The van der Waals surface area contributed by atoms with E-state index in [0.29, 0.717) is 0 Å². The molecule has 6 rings (SSSR count). The Hall–Kier alpha value is -1.39. The summed E-state index contributed by atoms with van der Waals surface area (Å²) in [5.74, 6) is 1.85. The van der Waals surface area contributed by atoms with Gasteiger partial charge in [0.2, 0.25) is 0 Å². The second-order valence-electron chi connectivity index (χ2n) is 8.74. The molecule has 25 heavy (non-hydrogen) atoms. The molecule has 4 nitrogen and oxygen atoms in total. The molecule has 2 aromatic rings. The average Bonchev–Trinajstić information content (AvgIpc) is 2.73. The van der Waals surface area contributed by atoms with Gasteiger partial charge in [-0.05, 0) is 62.1 Å². The van der Waals surface area contributed by atoms with Crippen molar-refractivity contribution in [2.45, 2.75) is 51.6 Å². The summed E-state index contributed by atoms with van der Waals surface area (Å²) in [5.41, 5.74) is 3.58. The lowest BCUT2D eigenvalue weighted by atomic mass is 9.83. The van der Waals surface area contributed by atoms with E-state index < -0.39 is 0 Å². The lowest BCUT2D eigenvalue weighted by molar-refractivity contribution is 0.0890. The van der Waals surface area contributed by atoms with Crippen LogP contribution in [0.1, 0.15) is 43.4 Å². The van der Waals surface area contributed by atoms with Crippen molar-refractivity contribution in [1.82, 2.24) is 19.2 Å². The van der Waals surface area contributed by atoms with Crippen LogP contribution in [0.5, 0.6) is 0 Å². The van der Waals surface area contributed by atoms with E-state index in [4.69, 9.17) is 4.98 Å². The van der Waals surface area contributed by atoms with Crippen LogP contribution in [0.15, 0.2) is 24.5 Å². The summed E-state index contributed by atoms with van der Waals surface area (Å²) >= 11 is 0. The zero-order chi connectivity index (χ0) is 16.8. The van der Waals surface area contributed by atoms with Gasteiger partial charge in [0.1, 0.15) is 5.65 Å². The van der Waals surface area contributed by atoms with E-state index in [-0.39, 0.29) is 0 Å². The molecule has 5 heterocycles. The van der Waals surface area contributed by atoms with E-state index in [2.05, 4.69) is 45.7 Å². The molecule has 0 N–H and O–H groups in total. The number of hydrogen-bond donors (Lipinski definition) is 0. The van der Waals surface area contributed by atoms with E-state index in [1.807, 2.05) is 0 Å². The van der Waals surface area contributed by atoms with Crippen molar-refractivity contribution < 1.29 is 0 Å². The van der Waals surface area contributed by atoms with Gasteiger partial charge in [0.05, 0.1) is 5.69 Å². The first-order valence-electron chi connectivity index (χ1n) is 10.1. The van der Waals surface area contributed by atoms with Gasteiger partial charge in [0, 0.05) is 51.2 Å². The molecule has 1 aliphatic carbocycles. The zero-order valence-electron chi connectivity index (χ0n) is 15.4. The fraction of sp³-hybridized carbons (Fsp3) is 0.667. The minimum atomic E-state index is 0.777. The number of pyridine rings is 1. The Morgan fingerprint density at radius 2 is 2.04 bits per heavy atom. The minimum absolute atomic E-state index is 0.777. The Bertz CT molecular complexity index is 747. The van der Waals surface area contributed by atoms with E-state index >= 15 is 0 Å². The number of hydrogen-bond acceptors (Lipinski definition) is 3. The molecule has 1 saturated carbocycles. The highest BCUT2D eigenvalue weighted by Gasteiger charge is 2.36. The number of nitrogens with zero attached hydrogens (tertiary/aromatic N) is 4. The topological polar surface area (TPSA) is 23.8 Å². The smallest absolute Gasteiger partial charge is 0.137 e. The van der Waals surface area contributed by atoms with Crippen LogP contribution >= 0.6 is 0 Å². The van der Waals surface area contributed by atoms with Crippen LogP contribution in [-0.4, -0.2) is 51.4 Å². The van der Waals surface area contributed by atoms with E-state index in [1.54, 1.807) is 0 Å². The van der Waals surface area contributed by atoms with Crippen molar-refractivity contribution in [1.29, 1.82) is 0 Å². The van der Waals surface area contributed by atoms with Crippen LogP contribution in [0.3, 0.4) is 0 Å². The van der Waals surface area contributed by atoms with Crippen LogP contribution < -0.4 is 0 Å². The molecule has 2 aromatic heterocycles. The minimum Gasteiger partial charge on any atom is -0.307 e. The molecule has 4 fully saturated rings. The quantitative estimate of drug-likeness (QED) is 0.854. The molecular weight excluding hydrogens is 308 g/mol. The summed E-state index contributed by atoms with van der Waals surface area (Å²) in [6.45, 7) is 8.33. The van der Waals surface area contributed by atoms with Gasteiger partial charge >= 0.3 is 0 Å². The maximum atomic E-state index is 4.87. The zero-order valence-corrected chi connectivity index (χ0v) is 15.4. The number of imidazole rings is 1. The number of fused-ring (bicyclic) bond motifs is 5. The average molecular weight is 338 g/mol. The molecule has 0 spiro atoms. The lowest BCUT2D eigenvalue weighted by Crippen LogP contribution is -2.46. The molecule has 2 bridgehead atoms. The van der Waals surface area contributed by atoms with Crippen LogP contribution in [-0.2, 0) is 6.54 Å². The van der Waals surface area contributed by atoms with E-state index in [9.17, 15) is 0 Å². The molecule has 0 amide bonds. The summed E-state index contributed by atoms with van der Waals surface area (Å²) < 4.78 is 2.16. The number of aromatic nitrogens is 2. The highest BCUT2D eigenvalue weighted by atomic mass is 15.3. The number of rotatable bonds is 4. The van der Waals surface area contributed by atoms with Crippen molar-refractivity contribution in [3.63, 3.8) is 0 Å². The van der Waals surface area contributed by atoms with Crippen LogP contribution in [0, 0.1) is 18.8 Å². The molecule has 3 saturated heterocycles. The van der Waals surface area contributed by atoms with Crippen LogP contribution in [0.2, 0.25) is 0 Å². The summed E-state index contributed by atoms with van der Waals surface area (Å²) in [4.78, 5) is 10.4. The Kier molecular flexibility index (Phi) is 4.05. The van der Waals surface area contributed by atoms with Gasteiger partial charge in [-0.2, -0.15) is 0 Å². The molecule has 4 aliphatic rings. The van der Waals surface area contributed by atoms with Crippen molar-refractivity contribution in [3.8, 4) is 0 Å². The SMILES string of the molecule is Cc1ccn2cc(CN3C[C@@H]4CC[C@H](C3)N(CC3CCC3)C4)nc2c1. The van der Waals surface area contributed by atoms with Gasteiger partial charge < -0.3 is 4.40 Å². The normalized spacial score (nSPS) is 28.4. The highest BCUT2D eigenvalue weighted by molar-refractivity contribution is 5.42. The summed E-state index contributed by atoms with van der Waals surface area (Å²) in [6.07, 6.45) is 11.6. The van der Waals surface area contributed by atoms with Gasteiger partial charge in [0.15, 0.2) is 0 Å². The molecule has 0 unspecified atom stereocenters. The van der Waals surface area contributed by atoms with Gasteiger partial charge in [0.25, 0.3) is 0 Å². The molecule has 134 valence electrons. The molecular formula is C21H30N4. The van der Waals surface area contributed by atoms with Crippen LogP contribution in [0.25, 0.3) is 5.65 Å². The van der Waals surface area contributed by atoms with Crippen molar-refractivity contribution in [2.75, 3.05) is 26.2 Å². The Morgan fingerprint density at radius 3 is 2.88 bits per heavy atom. The van der Waals surface area contributed by atoms with E-state index in [1.165, 1.54) is 69.5 Å². The fourth-order valence-electron chi connectivity index (χ4n) is 5.08. The second-order valence-corrected chi connectivity index (χ2v) is 8.74. The Balaban J connectivity index is 1.29. The predicted octanol–water partition coefficient (Wildman–Crippen LogP) is 3.34. The first-order chi connectivity index (χ1) is 12.2. The van der Waals surface area contributed by atoms with Gasteiger partial charge in [-0.25, -0.2) is 4.98 Å².